The van der Waals surface area contributed by atoms with Gasteiger partial charge in [-0.3, -0.25) is 0 Å². The van der Waals surface area contributed by atoms with E-state index in [1.54, 1.807) is 0 Å². The van der Waals surface area contributed by atoms with E-state index in [2.05, 4.69) is 168 Å². The van der Waals surface area contributed by atoms with Crippen molar-refractivity contribution < 1.29 is 37.9 Å². The summed E-state index contributed by atoms with van der Waals surface area (Å²) in [4.78, 5) is 0. The molecule has 0 saturated carbocycles. The fourth-order valence-corrected chi connectivity index (χ4v) is 7.94. The topological polar surface area (TPSA) is 73.8 Å². The Kier molecular flexibility index (Phi) is 29.8. The van der Waals surface area contributed by atoms with Gasteiger partial charge in [0.25, 0.3) is 0 Å². The Morgan fingerprint density at radius 2 is 0.432 bits per heavy atom. The van der Waals surface area contributed by atoms with Gasteiger partial charge in [-0.1, -0.05) is 152 Å². The molecule has 4 aromatic carbocycles. The molecule has 0 unspecified atom stereocenters. The number of ether oxygens (including phenoxy) is 8. The van der Waals surface area contributed by atoms with Crippen LogP contribution in [0.25, 0.3) is 0 Å². The number of hydrogen-bond acceptors (Lipinski definition) is 8. The van der Waals surface area contributed by atoms with Crippen LogP contribution in [0.3, 0.4) is 0 Å². The highest BCUT2D eigenvalue weighted by Crippen LogP contribution is 2.36. The highest BCUT2D eigenvalue weighted by molar-refractivity contribution is 9.10. The second kappa shape index (κ2) is 35.8. The Hall–Kier alpha value is -6.00. The predicted molar refractivity (Wildman–Crippen MR) is 339 cm³/mol. The first-order valence-electron chi connectivity index (χ1n) is 30.0. The van der Waals surface area contributed by atoms with Gasteiger partial charge in [-0.25, -0.2) is 0 Å². The van der Waals surface area contributed by atoms with Gasteiger partial charge in [0.1, 0.15) is 46.0 Å². The molecule has 0 N–H and O–H groups in total. The highest BCUT2D eigenvalue weighted by Gasteiger charge is 2.18. The molecule has 4 aromatic rings. The molecule has 0 radical (unpaired) electrons. The minimum atomic E-state index is 0.425. The maximum Gasteiger partial charge on any atom is 0.136 e. The zero-order valence-corrected chi connectivity index (χ0v) is 53.9. The quantitative estimate of drug-likeness (QED) is 0.0448. The van der Waals surface area contributed by atoms with Gasteiger partial charge in [0.15, 0.2) is 0 Å². The van der Waals surface area contributed by atoms with Crippen molar-refractivity contribution in [3.63, 3.8) is 0 Å². The molecule has 81 heavy (non-hydrogen) atoms. The van der Waals surface area contributed by atoms with Crippen LogP contribution in [0.5, 0.6) is 46.0 Å². The van der Waals surface area contributed by atoms with E-state index in [-0.39, 0.29) is 0 Å². The number of terminal acetylenes is 1. The summed E-state index contributed by atoms with van der Waals surface area (Å²) >= 11 is 3.75. The molecule has 0 fully saturated rings. The molecule has 0 amide bonds. The van der Waals surface area contributed by atoms with Gasteiger partial charge in [-0.2, -0.15) is 0 Å². The molecule has 440 valence electrons. The van der Waals surface area contributed by atoms with Crippen LogP contribution in [0.15, 0.2) is 53.0 Å². The Morgan fingerprint density at radius 3 is 0.630 bits per heavy atom. The molecule has 0 spiro atoms. The molecule has 8 nitrogen and oxygen atoms in total. The van der Waals surface area contributed by atoms with Crippen LogP contribution in [0, 0.1) is 95.2 Å². The van der Waals surface area contributed by atoms with Crippen molar-refractivity contribution in [2.75, 3.05) is 52.9 Å². The van der Waals surface area contributed by atoms with E-state index in [0.29, 0.717) is 174 Å². The monoisotopic (exact) mass is 1170 g/mol. The predicted octanol–water partition coefficient (Wildman–Crippen LogP) is 18.0. The lowest BCUT2D eigenvalue weighted by atomic mass is 10.0. The summed E-state index contributed by atoms with van der Waals surface area (Å²) in [5.74, 6) is 32.4. The molecular formula is C72H97BrO8. The van der Waals surface area contributed by atoms with Gasteiger partial charge in [0.2, 0.25) is 0 Å². The summed E-state index contributed by atoms with van der Waals surface area (Å²) in [6.07, 6.45) is 13.1. The van der Waals surface area contributed by atoms with Gasteiger partial charge in [0, 0.05) is 42.5 Å². The van der Waals surface area contributed by atoms with Crippen molar-refractivity contribution in [3.05, 3.63) is 91.9 Å². The zero-order valence-electron chi connectivity index (χ0n) is 52.3. The van der Waals surface area contributed by atoms with Gasteiger partial charge in [-0.15, -0.1) is 6.42 Å². The first-order chi connectivity index (χ1) is 38.6. The summed E-state index contributed by atoms with van der Waals surface area (Å²) in [5, 5.41) is 0. The van der Waals surface area contributed by atoms with Crippen LogP contribution in [-0.4, -0.2) is 52.9 Å². The molecule has 4 rings (SSSR count). The Morgan fingerprint density at radius 1 is 0.272 bits per heavy atom. The van der Waals surface area contributed by atoms with Crippen molar-refractivity contribution in [2.24, 2.45) is 47.3 Å². The molecule has 0 atom stereocenters. The molecular weight excluding hydrogens is 1070 g/mol. The van der Waals surface area contributed by atoms with E-state index in [9.17, 15) is 0 Å². The van der Waals surface area contributed by atoms with Crippen LogP contribution >= 0.6 is 15.9 Å². The molecule has 0 bridgehead atoms. The number of benzene rings is 4. The fourth-order valence-electron chi connectivity index (χ4n) is 7.50. The van der Waals surface area contributed by atoms with Gasteiger partial charge < -0.3 is 37.9 Å². The van der Waals surface area contributed by atoms with Gasteiger partial charge in [0.05, 0.1) is 96.3 Å². The Balaban J connectivity index is 1.99. The minimum absolute atomic E-state index is 0.425. The van der Waals surface area contributed by atoms with Crippen LogP contribution in [0.1, 0.15) is 201 Å². The van der Waals surface area contributed by atoms with Gasteiger partial charge in [-0.05, 0) is 121 Å². The molecule has 0 saturated heterocycles. The first-order valence-corrected chi connectivity index (χ1v) is 30.8. The normalized spacial score (nSPS) is 11.2. The van der Waals surface area contributed by atoms with E-state index in [4.69, 9.17) is 44.3 Å². The lowest BCUT2D eigenvalue weighted by Gasteiger charge is -2.16. The van der Waals surface area contributed by atoms with Crippen molar-refractivity contribution in [1.29, 1.82) is 0 Å². The Bertz CT molecular complexity index is 2810. The first kappa shape index (κ1) is 67.5. The molecule has 0 aliphatic heterocycles. The standard InChI is InChI=1S/C72H97BrO8/c1-18-57-41-66(75-34-26-50(4)5)58(42-65(57)74-33-25-49(2)3)19-20-59-43-68(77-36-28-52(8)9)60(44-67(59)76-35-27-51(6)7)21-22-61-45-70(79-38-30-54(12)13)62(46-69(61)78-37-29-53(10)11)23-24-63-47-72(81-40-32-56(16)17)64(73)48-71(63)80-39-31-55(14)15/h1,41-56H,25-40H2,2-17H3. The average Bonchev–Trinajstić information content (AvgIpc) is 3.43. The largest absolute Gasteiger partial charge is 0.492 e. The van der Waals surface area contributed by atoms with E-state index >= 15 is 0 Å². The summed E-state index contributed by atoms with van der Waals surface area (Å²) in [6, 6.07) is 15.6. The smallest absolute Gasteiger partial charge is 0.136 e. The second-order valence-corrected chi connectivity index (χ2v) is 25.3. The third kappa shape index (κ3) is 25.4. The molecule has 0 aromatic heterocycles. The number of halogens is 1. The zero-order chi connectivity index (χ0) is 59.4. The van der Waals surface area contributed by atoms with Crippen LogP contribution in [0.4, 0.5) is 0 Å². The van der Waals surface area contributed by atoms with E-state index in [1.807, 2.05) is 48.5 Å². The van der Waals surface area contributed by atoms with E-state index in [1.165, 1.54) is 0 Å². The highest BCUT2D eigenvalue weighted by atomic mass is 79.9. The average molecular weight is 1170 g/mol. The van der Waals surface area contributed by atoms with Gasteiger partial charge >= 0.3 is 0 Å². The lowest BCUT2D eigenvalue weighted by Crippen LogP contribution is -2.07. The molecule has 0 aliphatic carbocycles. The summed E-state index contributed by atoms with van der Waals surface area (Å²) in [6.45, 7) is 39.2. The van der Waals surface area contributed by atoms with Crippen molar-refractivity contribution >= 4 is 15.9 Å². The van der Waals surface area contributed by atoms with Crippen LogP contribution in [-0.2, 0) is 0 Å². The molecule has 0 aliphatic rings. The molecule has 0 heterocycles. The minimum Gasteiger partial charge on any atom is -0.492 e. The van der Waals surface area contributed by atoms with E-state index in [0.717, 1.165) is 67.2 Å². The SMILES string of the molecule is C#Cc1cc(OCCC(C)C)c(C#Cc2cc(OCCC(C)C)c(C#Cc3cc(OCCC(C)C)c(C#Cc4cc(OCCC(C)C)c(Br)cc4OCCC(C)C)cc3OCCC(C)C)cc2OCCC(C)C)cc1OCCC(C)C. The van der Waals surface area contributed by atoms with Crippen molar-refractivity contribution in [3.8, 4) is 93.9 Å². The number of hydrogen-bond donors (Lipinski definition) is 0. The Labute approximate surface area is 499 Å². The second-order valence-electron chi connectivity index (χ2n) is 24.5. The number of rotatable bonds is 32. The maximum atomic E-state index is 6.66. The third-order valence-corrected chi connectivity index (χ3v) is 13.7. The third-order valence-electron chi connectivity index (χ3n) is 13.1. The summed E-state index contributed by atoms with van der Waals surface area (Å²) in [7, 11) is 0. The lowest BCUT2D eigenvalue weighted by molar-refractivity contribution is 0.280. The summed E-state index contributed by atoms with van der Waals surface area (Å²) in [5.41, 5.74) is 4.69. The van der Waals surface area contributed by atoms with Crippen LogP contribution < -0.4 is 37.9 Å². The molecule has 9 heteroatoms. The summed E-state index contributed by atoms with van der Waals surface area (Å²) < 4.78 is 52.8. The van der Waals surface area contributed by atoms with E-state index < -0.39 is 0 Å². The van der Waals surface area contributed by atoms with Crippen molar-refractivity contribution in [2.45, 2.75) is 162 Å². The van der Waals surface area contributed by atoms with Crippen LogP contribution in [0.2, 0.25) is 0 Å². The maximum absolute atomic E-state index is 6.66. The fraction of sp³-hybridized carbons (Fsp3) is 0.556. The van der Waals surface area contributed by atoms with Crippen molar-refractivity contribution in [1.82, 2.24) is 0 Å².